The van der Waals surface area contributed by atoms with E-state index < -0.39 is 0 Å². The number of hydrogen-bond acceptors (Lipinski definition) is 2. The Bertz CT molecular complexity index is 197. The molecule has 0 fully saturated rings. The Morgan fingerprint density at radius 3 is 2.80 bits per heavy atom. The smallest absolute Gasteiger partial charge is 0.0699 e. The largest absolute Gasteiger partial charge is 0.391 e. The lowest BCUT2D eigenvalue weighted by molar-refractivity contribution is 0.175. The van der Waals surface area contributed by atoms with E-state index in [0.717, 1.165) is 6.54 Å². The normalized spacial score (nSPS) is 13.7. The van der Waals surface area contributed by atoms with E-state index in [0.29, 0.717) is 13.0 Å². The molecule has 0 aromatic heterocycles. The number of allylic oxidation sites excluding steroid dienone is 4. The van der Waals surface area contributed by atoms with Crippen molar-refractivity contribution in [3.05, 3.63) is 37.0 Å². The van der Waals surface area contributed by atoms with Crippen molar-refractivity contribution < 1.29 is 5.11 Å². The SMILES string of the molecule is C=C/C=C\C=C/CC(O)CNCCCC. The van der Waals surface area contributed by atoms with E-state index in [4.69, 9.17) is 0 Å². The number of aliphatic hydroxyl groups is 1. The molecule has 0 aliphatic rings. The third-order valence-corrected chi connectivity index (χ3v) is 1.99. The molecule has 2 heteroatoms. The van der Waals surface area contributed by atoms with Crippen molar-refractivity contribution in [2.45, 2.75) is 32.3 Å². The van der Waals surface area contributed by atoms with Crippen molar-refractivity contribution in [2.24, 2.45) is 0 Å². The summed E-state index contributed by atoms with van der Waals surface area (Å²) in [5.41, 5.74) is 0. The van der Waals surface area contributed by atoms with E-state index >= 15 is 0 Å². The lowest BCUT2D eigenvalue weighted by Gasteiger charge is -2.08. The van der Waals surface area contributed by atoms with Crippen LogP contribution in [-0.2, 0) is 0 Å². The van der Waals surface area contributed by atoms with Crippen LogP contribution in [0.5, 0.6) is 0 Å². The van der Waals surface area contributed by atoms with Gasteiger partial charge in [0.15, 0.2) is 0 Å². The molecule has 1 unspecified atom stereocenters. The molecular formula is C13H23NO. The Kier molecular flexibility index (Phi) is 10.6. The van der Waals surface area contributed by atoms with E-state index in [1.165, 1.54) is 12.8 Å². The molecule has 2 N–H and O–H groups in total. The predicted molar refractivity (Wildman–Crippen MR) is 66.9 cm³/mol. The molecule has 0 aromatic carbocycles. The zero-order chi connectivity index (χ0) is 11.4. The monoisotopic (exact) mass is 209 g/mol. The molecule has 0 heterocycles. The summed E-state index contributed by atoms with van der Waals surface area (Å²) in [6.45, 7) is 7.40. The van der Waals surface area contributed by atoms with E-state index in [-0.39, 0.29) is 6.10 Å². The van der Waals surface area contributed by atoms with Gasteiger partial charge in [0.2, 0.25) is 0 Å². The lowest BCUT2D eigenvalue weighted by atomic mass is 10.2. The Morgan fingerprint density at radius 1 is 1.33 bits per heavy atom. The molecule has 0 spiro atoms. The average molecular weight is 209 g/mol. The van der Waals surface area contributed by atoms with Gasteiger partial charge in [0.1, 0.15) is 0 Å². The molecule has 86 valence electrons. The molecule has 2 nitrogen and oxygen atoms in total. The molecule has 0 amide bonds. The van der Waals surface area contributed by atoms with Crippen LogP contribution >= 0.6 is 0 Å². The van der Waals surface area contributed by atoms with E-state index in [9.17, 15) is 5.11 Å². The first kappa shape index (κ1) is 14.1. The van der Waals surface area contributed by atoms with Gasteiger partial charge in [-0.1, -0.05) is 50.3 Å². The maximum Gasteiger partial charge on any atom is 0.0699 e. The van der Waals surface area contributed by atoms with Gasteiger partial charge in [0.05, 0.1) is 6.10 Å². The minimum atomic E-state index is -0.282. The van der Waals surface area contributed by atoms with Crippen molar-refractivity contribution in [1.82, 2.24) is 5.32 Å². The van der Waals surface area contributed by atoms with Gasteiger partial charge in [-0.25, -0.2) is 0 Å². The van der Waals surface area contributed by atoms with Crippen molar-refractivity contribution in [2.75, 3.05) is 13.1 Å². The fraction of sp³-hybridized carbons (Fsp3) is 0.538. The molecule has 15 heavy (non-hydrogen) atoms. The van der Waals surface area contributed by atoms with Crippen molar-refractivity contribution in [3.63, 3.8) is 0 Å². The summed E-state index contributed by atoms with van der Waals surface area (Å²) in [6, 6.07) is 0. The van der Waals surface area contributed by atoms with Crippen molar-refractivity contribution in [3.8, 4) is 0 Å². The van der Waals surface area contributed by atoms with Crippen LogP contribution in [0.1, 0.15) is 26.2 Å². The Balaban J connectivity index is 3.39. The fourth-order valence-electron chi connectivity index (χ4n) is 1.11. The first-order valence-corrected chi connectivity index (χ1v) is 5.64. The van der Waals surface area contributed by atoms with Crippen molar-refractivity contribution in [1.29, 1.82) is 0 Å². The number of nitrogens with one attached hydrogen (secondary N) is 1. The second kappa shape index (κ2) is 11.2. The number of rotatable bonds is 9. The van der Waals surface area contributed by atoms with Crippen LogP contribution in [0.15, 0.2) is 37.0 Å². The number of unbranched alkanes of at least 4 members (excludes halogenated alkanes) is 1. The zero-order valence-electron chi connectivity index (χ0n) is 9.65. The average Bonchev–Trinajstić information content (AvgIpc) is 2.24. The third-order valence-electron chi connectivity index (χ3n) is 1.99. The summed E-state index contributed by atoms with van der Waals surface area (Å²) in [5.74, 6) is 0. The highest BCUT2D eigenvalue weighted by atomic mass is 16.3. The minimum absolute atomic E-state index is 0.282. The molecule has 0 aliphatic heterocycles. The first-order valence-electron chi connectivity index (χ1n) is 5.64. The second-order valence-corrected chi connectivity index (χ2v) is 3.50. The molecular weight excluding hydrogens is 186 g/mol. The van der Waals surface area contributed by atoms with E-state index in [1.807, 2.05) is 24.3 Å². The van der Waals surface area contributed by atoms with E-state index in [1.54, 1.807) is 6.08 Å². The molecule has 0 rings (SSSR count). The van der Waals surface area contributed by atoms with Crippen LogP contribution in [-0.4, -0.2) is 24.3 Å². The first-order chi connectivity index (χ1) is 7.31. The molecule has 1 atom stereocenters. The molecule has 0 saturated carbocycles. The fourth-order valence-corrected chi connectivity index (χ4v) is 1.11. The highest BCUT2D eigenvalue weighted by molar-refractivity contribution is 5.08. The Morgan fingerprint density at radius 2 is 2.13 bits per heavy atom. The summed E-state index contributed by atoms with van der Waals surface area (Å²) in [4.78, 5) is 0. The van der Waals surface area contributed by atoms with Crippen LogP contribution < -0.4 is 5.32 Å². The standard InChI is InChI=1S/C13H23NO/c1-3-5-7-8-9-10-13(15)12-14-11-6-4-2/h3,5,7-9,13-15H,1,4,6,10-12H2,2H3/b7-5-,9-8-. The summed E-state index contributed by atoms with van der Waals surface area (Å²) < 4.78 is 0. The van der Waals surface area contributed by atoms with Crippen LogP contribution in [0.3, 0.4) is 0 Å². The highest BCUT2D eigenvalue weighted by Crippen LogP contribution is 1.93. The molecule has 0 aromatic rings. The highest BCUT2D eigenvalue weighted by Gasteiger charge is 1.99. The lowest BCUT2D eigenvalue weighted by Crippen LogP contribution is -2.27. The summed E-state index contributed by atoms with van der Waals surface area (Å²) in [6.07, 6.45) is 12.2. The van der Waals surface area contributed by atoms with Crippen LogP contribution in [0.25, 0.3) is 0 Å². The topological polar surface area (TPSA) is 32.3 Å². The summed E-state index contributed by atoms with van der Waals surface area (Å²) in [5, 5.41) is 12.8. The molecule has 0 radical (unpaired) electrons. The predicted octanol–water partition coefficient (Wildman–Crippen LogP) is 2.43. The zero-order valence-corrected chi connectivity index (χ0v) is 9.65. The van der Waals surface area contributed by atoms with E-state index in [2.05, 4.69) is 18.8 Å². The molecule has 0 bridgehead atoms. The van der Waals surface area contributed by atoms with Crippen LogP contribution in [0.4, 0.5) is 0 Å². The van der Waals surface area contributed by atoms with Crippen LogP contribution in [0, 0.1) is 0 Å². The maximum atomic E-state index is 9.55. The van der Waals surface area contributed by atoms with Gasteiger partial charge >= 0.3 is 0 Å². The van der Waals surface area contributed by atoms with Gasteiger partial charge < -0.3 is 10.4 Å². The van der Waals surface area contributed by atoms with Crippen LogP contribution in [0.2, 0.25) is 0 Å². The second-order valence-electron chi connectivity index (χ2n) is 3.50. The molecule has 0 saturated heterocycles. The van der Waals surface area contributed by atoms with Gasteiger partial charge in [-0.05, 0) is 19.4 Å². The van der Waals surface area contributed by atoms with Gasteiger partial charge in [0, 0.05) is 6.54 Å². The van der Waals surface area contributed by atoms with Crippen molar-refractivity contribution >= 4 is 0 Å². The summed E-state index contributed by atoms with van der Waals surface area (Å²) >= 11 is 0. The summed E-state index contributed by atoms with van der Waals surface area (Å²) in [7, 11) is 0. The maximum absolute atomic E-state index is 9.55. The molecule has 0 aliphatic carbocycles. The van der Waals surface area contributed by atoms with Gasteiger partial charge in [0.25, 0.3) is 0 Å². The van der Waals surface area contributed by atoms with Gasteiger partial charge in [-0.2, -0.15) is 0 Å². The quantitative estimate of drug-likeness (QED) is 0.451. The Hall–Kier alpha value is -0.860. The Labute approximate surface area is 93.4 Å². The number of aliphatic hydroxyl groups excluding tert-OH is 1. The minimum Gasteiger partial charge on any atom is -0.391 e. The number of hydrogen-bond donors (Lipinski definition) is 2. The van der Waals surface area contributed by atoms with Gasteiger partial charge in [-0.3, -0.25) is 0 Å². The van der Waals surface area contributed by atoms with Gasteiger partial charge in [-0.15, -0.1) is 0 Å². The third kappa shape index (κ3) is 11.1.